The number of hydrogen-bond donors (Lipinski definition) is 0. The molecule has 1 amide bonds. The first-order valence-electron chi connectivity index (χ1n) is 9.05. The highest BCUT2D eigenvalue weighted by atomic mass is 16.7. The summed E-state index contributed by atoms with van der Waals surface area (Å²) in [5.41, 5.74) is 4.92. The van der Waals surface area contributed by atoms with Gasteiger partial charge in [0.05, 0.1) is 6.04 Å². The minimum absolute atomic E-state index is 0.0363. The average Bonchev–Trinajstić information content (AvgIpc) is 3.11. The minimum Gasteiger partial charge on any atom is -0.455 e. The van der Waals surface area contributed by atoms with Crippen molar-refractivity contribution in [3.05, 3.63) is 47.0 Å². The van der Waals surface area contributed by atoms with E-state index in [4.69, 9.17) is 14.2 Å². The van der Waals surface area contributed by atoms with Crippen molar-refractivity contribution in [1.29, 1.82) is 0 Å². The summed E-state index contributed by atoms with van der Waals surface area (Å²) in [7, 11) is 0. The number of amides is 1. The average molecular weight is 365 g/mol. The molecule has 0 saturated carbocycles. The Balaban J connectivity index is 1.84. The smallest absolute Gasteiger partial charge is 0.303 e. The first kappa shape index (κ1) is 16.2. The number of ether oxygens (including phenoxy) is 3. The van der Waals surface area contributed by atoms with Crippen LogP contribution >= 0.6 is 0 Å². The fourth-order valence-electron chi connectivity index (χ4n) is 4.58. The van der Waals surface area contributed by atoms with Crippen molar-refractivity contribution in [3.8, 4) is 22.6 Å². The summed E-state index contributed by atoms with van der Waals surface area (Å²) in [5, 5.41) is 0. The van der Waals surface area contributed by atoms with Crippen molar-refractivity contribution < 1.29 is 23.8 Å². The van der Waals surface area contributed by atoms with Gasteiger partial charge in [-0.15, -0.1) is 0 Å². The molecule has 0 unspecified atom stereocenters. The zero-order valence-corrected chi connectivity index (χ0v) is 15.2. The maximum Gasteiger partial charge on any atom is 0.303 e. The van der Waals surface area contributed by atoms with E-state index in [9.17, 15) is 9.59 Å². The quantitative estimate of drug-likeness (QED) is 0.727. The van der Waals surface area contributed by atoms with Gasteiger partial charge in [0.1, 0.15) is 0 Å². The lowest BCUT2D eigenvalue weighted by atomic mass is 9.75. The van der Waals surface area contributed by atoms with E-state index in [1.807, 2.05) is 30.3 Å². The van der Waals surface area contributed by atoms with Gasteiger partial charge < -0.3 is 19.1 Å². The Hall–Kier alpha value is -3.02. The molecule has 0 saturated heterocycles. The second kappa shape index (κ2) is 5.74. The van der Waals surface area contributed by atoms with E-state index in [-0.39, 0.29) is 24.7 Å². The molecule has 0 N–H and O–H groups in total. The molecule has 2 aromatic carbocycles. The predicted molar refractivity (Wildman–Crippen MR) is 96.3 cm³/mol. The van der Waals surface area contributed by atoms with E-state index in [2.05, 4.69) is 0 Å². The van der Waals surface area contributed by atoms with E-state index >= 15 is 0 Å². The molecular formula is C21H19NO5. The van der Waals surface area contributed by atoms with E-state index < -0.39 is 6.10 Å². The maximum absolute atomic E-state index is 12.4. The summed E-state index contributed by atoms with van der Waals surface area (Å²) in [6.45, 7) is 3.72. The lowest BCUT2D eigenvalue weighted by molar-refractivity contribution is -0.155. The van der Waals surface area contributed by atoms with Crippen LogP contribution < -0.4 is 9.47 Å². The molecule has 138 valence electrons. The van der Waals surface area contributed by atoms with Gasteiger partial charge in [-0.25, -0.2) is 0 Å². The van der Waals surface area contributed by atoms with Crippen molar-refractivity contribution in [2.75, 3.05) is 13.3 Å². The number of esters is 1. The summed E-state index contributed by atoms with van der Waals surface area (Å²) >= 11 is 0. The van der Waals surface area contributed by atoms with E-state index in [0.717, 1.165) is 40.0 Å². The topological polar surface area (TPSA) is 65.1 Å². The lowest BCUT2D eigenvalue weighted by Gasteiger charge is -2.45. The lowest BCUT2D eigenvalue weighted by Crippen LogP contribution is -2.44. The molecule has 1 aliphatic carbocycles. The Bertz CT molecular complexity index is 983. The Morgan fingerprint density at radius 1 is 1.19 bits per heavy atom. The van der Waals surface area contributed by atoms with Crippen molar-refractivity contribution in [2.24, 2.45) is 0 Å². The molecule has 2 heterocycles. The number of rotatable bonds is 1. The van der Waals surface area contributed by atoms with Crippen LogP contribution in [0.25, 0.3) is 11.1 Å². The summed E-state index contributed by atoms with van der Waals surface area (Å²) in [4.78, 5) is 26.1. The van der Waals surface area contributed by atoms with Crippen LogP contribution in [0.3, 0.4) is 0 Å². The van der Waals surface area contributed by atoms with E-state index in [1.54, 1.807) is 11.8 Å². The van der Waals surface area contributed by atoms with Gasteiger partial charge in [-0.05, 0) is 29.2 Å². The van der Waals surface area contributed by atoms with Crippen LogP contribution in [-0.4, -0.2) is 30.1 Å². The van der Waals surface area contributed by atoms with Crippen LogP contribution in [0, 0.1) is 0 Å². The highest BCUT2D eigenvalue weighted by Gasteiger charge is 2.46. The number of carbonyl (C=O) groups is 2. The van der Waals surface area contributed by atoms with Crippen LogP contribution in [0.2, 0.25) is 0 Å². The molecule has 6 heteroatoms. The monoisotopic (exact) mass is 365 g/mol. The number of hydrogen-bond acceptors (Lipinski definition) is 5. The SMILES string of the molecule is CC(=O)O[C@H]1c2ccccc2-c2c3c(cc4c2[C@@H]1N(C(C)=O)CC4)OCO3. The van der Waals surface area contributed by atoms with Gasteiger partial charge in [-0.3, -0.25) is 9.59 Å². The molecule has 0 spiro atoms. The first-order chi connectivity index (χ1) is 13.1. The highest BCUT2D eigenvalue weighted by Crippen LogP contribution is 2.57. The third kappa shape index (κ3) is 2.25. The number of fused-ring (bicyclic) bond motifs is 4. The van der Waals surface area contributed by atoms with Gasteiger partial charge in [-0.1, -0.05) is 24.3 Å². The highest BCUT2D eigenvalue weighted by molar-refractivity contribution is 5.86. The third-order valence-corrected chi connectivity index (χ3v) is 5.56. The minimum atomic E-state index is -0.547. The first-order valence-corrected chi connectivity index (χ1v) is 9.05. The molecule has 6 nitrogen and oxygen atoms in total. The van der Waals surface area contributed by atoms with Gasteiger partial charge in [0.25, 0.3) is 0 Å². The van der Waals surface area contributed by atoms with Crippen LogP contribution in [-0.2, 0) is 20.7 Å². The number of carbonyl (C=O) groups excluding carboxylic acids is 2. The van der Waals surface area contributed by atoms with Crippen LogP contribution in [0.4, 0.5) is 0 Å². The van der Waals surface area contributed by atoms with Crippen molar-refractivity contribution in [2.45, 2.75) is 32.4 Å². The molecule has 0 bridgehead atoms. The van der Waals surface area contributed by atoms with Gasteiger partial charge in [0.2, 0.25) is 12.7 Å². The van der Waals surface area contributed by atoms with Crippen LogP contribution in [0.15, 0.2) is 30.3 Å². The zero-order valence-electron chi connectivity index (χ0n) is 15.2. The second-order valence-corrected chi connectivity index (χ2v) is 7.08. The largest absolute Gasteiger partial charge is 0.455 e. The summed E-state index contributed by atoms with van der Waals surface area (Å²) < 4.78 is 17.2. The fraction of sp³-hybridized carbons (Fsp3) is 0.333. The molecule has 27 heavy (non-hydrogen) atoms. The molecule has 0 aromatic heterocycles. The third-order valence-electron chi connectivity index (χ3n) is 5.56. The molecule has 3 aliphatic rings. The summed E-state index contributed by atoms with van der Waals surface area (Å²) in [6.07, 6.45) is 0.179. The zero-order chi connectivity index (χ0) is 18.7. The van der Waals surface area contributed by atoms with E-state index in [0.29, 0.717) is 12.3 Å². The van der Waals surface area contributed by atoms with Crippen LogP contribution in [0.5, 0.6) is 11.5 Å². The van der Waals surface area contributed by atoms with Crippen LogP contribution in [0.1, 0.15) is 42.7 Å². The Labute approximate surface area is 156 Å². The van der Waals surface area contributed by atoms with Crippen molar-refractivity contribution in [1.82, 2.24) is 4.90 Å². The molecule has 2 atom stereocenters. The van der Waals surface area contributed by atoms with Gasteiger partial charge in [-0.2, -0.15) is 0 Å². The molecule has 2 aliphatic heterocycles. The molecule has 2 aromatic rings. The Morgan fingerprint density at radius 2 is 2.00 bits per heavy atom. The van der Waals surface area contributed by atoms with E-state index in [1.165, 1.54) is 6.92 Å². The standard InChI is InChI=1S/C21H19NO5/c1-11(23)22-8-7-13-9-16-21(26-10-25-16)18-14-5-3-4-6-15(14)20(27-12(2)24)19(22)17(13)18/h3-6,9,19-20H,7-8,10H2,1-2H3/t19-,20-/m0/s1. The van der Waals surface area contributed by atoms with Gasteiger partial charge >= 0.3 is 5.97 Å². The van der Waals surface area contributed by atoms with Crippen molar-refractivity contribution >= 4 is 11.9 Å². The Kier molecular flexibility index (Phi) is 3.44. The second-order valence-electron chi connectivity index (χ2n) is 7.08. The predicted octanol–water partition coefficient (Wildman–Crippen LogP) is 3.15. The summed E-state index contributed by atoms with van der Waals surface area (Å²) in [5.74, 6) is 1.04. The maximum atomic E-state index is 12.4. The fourth-order valence-corrected chi connectivity index (χ4v) is 4.58. The molecule has 0 fully saturated rings. The molecule has 5 rings (SSSR count). The summed E-state index contributed by atoms with van der Waals surface area (Å²) in [6, 6.07) is 9.47. The number of nitrogens with zero attached hydrogens (tertiary/aromatic N) is 1. The Morgan fingerprint density at radius 3 is 2.78 bits per heavy atom. The molecule has 0 radical (unpaired) electrons. The van der Waals surface area contributed by atoms with Gasteiger partial charge in [0, 0.05) is 31.5 Å². The molecular weight excluding hydrogens is 346 g/mol. The number of benzene rings is 2. The van der Waals surface area contributed by atoms with Gasteiger partial charge in [0.15, 0.2) is 17.6 Å². The van der Waals surface area contributed by atoms with Crippen molar-refractivity contribution in [3.63, 3.8) is 0 Å². The normalized spacial score (nSPS) is 21.3.